The summed E-state index contributed by atoms with van der Waals surface area (Å²) >= 11 is 0. The van der Waals surface area contributed by atoms with Gasteiger partial charge >= 0.3 is 17.8 Å². The lowest BCUT2D eigenvalue weighted by molar-refractivity contribution is -0.137. The van der Waals surface area contributed by atoms with Crippen LogP contribution >= 0.6 is 12.4 Å². The monoisotopic (exact) mass is 616 g/mol. The van der Waals surface area contributed by atoms with E-state index in [9.17, 15) is 19.2 Å². The minimum Gasteiger partial charge on any atom is -0.465 e. The molecule has 234 valence electrons. The Morgan fingerprint density at radius 3 is 2.35 bits per heavy atom. The van der Waals surface area contributed by atoms with Crippen molar-refractivity contribution in [2.24, 2.45) is 5.73 Å². The summed E-state index contributed by atoms with van der Waals surface area (Å²) in [7, 11) is 0. The van der Waals surface area contributed by atoms with Crippen LogP contribution in [0.4, 0.5) is 15.4 Å². The summed E-state index contributed by atoms with van der Waals surface area (Å²) in [6, 6.07) is 7.88. The first-order chi connectivity index (χ1) is 20.0. The molecule has 1 aliphatic heterocycles. The second kappa shape index (κ2) is 13.3. The van der Waals surface area contributed by atoms with Gasteiger partial charge in [-0.1, -0.05) is 6.07 Å². The highest BCUT2D eigenvalue weighted by Gasteiger charge is 2.32. The van der Waals surface area contributed by atoms with Gasteiger partial charge in [0.05, 0.1) is 11.2 Å². The van der Waals surface area contributed by atoms with Crippen molar-refractivity contribution in [2.75, 3.05) is 31.5 Å². The zero-order valence-corrected chi connectivity index (χ0v) is 25.4. The van der Waals surface area contributed by atoms with E-state index in [1.54, 1.807) is 35.9 Å². The summed E-state index contributed by atoms with van der Waals surface area (Å²) in [5.41, 5.74) is 7.62. The second-order valence-corrected chi connectivity index (χ2v) is 12.1. The van der Waals surface area contributed by atoms with Crippen LogP contribution in [-0.2, 0) is 17.6 Å². The molecule has 2 aliphatic carbocycles. The lowest BCUT2D eigenvalue weighted by Crippen LogP contribution is -2.58. The van der Waals surface area contributed by atoms with Gasteiger partial charge in [0.2, 0.25) is 5.91 Å². The van der Waals surface area contributed by atoms with E-state index in [4.69, 9.17) is 10.8 Å². The third kappa shape index (κ3) is 7.84. The number of nitrogens with one attached hydrogen (secondary N) is 3. The number of carbonyl (C=O) groups excluding carboxylic acids is 2. The Morgan fingerprint density at radius 1 is 0.977 bits per heavy atom. The number of carboxylic acid groups (broad SMARTS) is 1. The summed E-state index contributed by atoms with van der Waals surface area (Å²) in [5.74, 6) is 0.0171. The Hall–Kier alpha value is -3.68. The Bertz CT molecular complexity index is 1400. The molecule has 0 radical (unpaired) electrons. The third-order valence-corrected chi connectivity index (χ3v) is 8.37. The van der Waals surface area contributed by atoms with Gasteiger partial charge in [-0.2, -0.15) is 4.98 Å². The molecule has 5 rings (SSSR count). The number of aromatic nitrogens is 2. The molecule has 0 spiro atoms. The fraction of sp³-hybridized carbons (Fsp3) is 0.552. The van der Waals surface area contributed by atoms with Gasteiger partial charge in [-0.25, -0.2) is 14.4 Å². The normalized spacial score (nSPS) is 21.9. The fourth-order valence-electron chi connectivity index (χ4n) is 6.18. The number of hydrogen-bond acceptors (Lipinski definition) is 7. The zero-order valence-electron chi connectivity index (χ0n) is 24.5. The number of anilines is 1. The van der Waals surface area contributed by atoms with E-state index in [-0.39, 0.29) is 36.2 Å². The quantitative estimate of drug-likeness (QED) is 0.326. The van der Waals surface area contributed by atoms with E-state index in [1.165, 1.54) is 15.7 Å². The standard InChI is InChI=1S/C29H40N8O5.ClH/c1-29(2,30)25(38)35-11-13-36(14-12-35)26(39)33-24-9-10-37(27(40)34-24)23-8-4-18-15-20(5-3-19(18)16-23)31-21-6-7-22(17-21)32-28(41)42;/h4,8-10,16,20-22,31-32H,3,5-7,11-15,17,30H2,1-2H3,(H,41,42)(H,33,34,39,40);1H/t20?,21-,22-;/m0./s1. The van der Waals surface area contributed by atoms with Crippen LogP contribution in [-0.4, -0.2) is 92.3 Å². The van der Waals surface area contributed by atoms with Gasteiger partial charge in [0, 0.05) is 50.5 Å². The number of carbonyl (C=O) groups is 3. The van der Waals surface area contributed by atoms with Crippen LogP contribution in [0.15, 0.2) is 35.3 Å². The molecule has 2 aromatic rings. The molecule has 2 heterocycles. The zero-order chi connectivity index (χ0) is 30.0. The number of benzene rings is 1. The smallest absolute Gasteiger partial charge is 0.404 e. The minimum atomic E-state index is -0.964. The number of amides is 4. The van der Waals surface area contributed by atoms with E-state index < -0.39 is 17.3 Å². The van der Waals surface area contributed by atoms with E-state index in [2.05, 4.69) is 27.0 Å². The molecule has 13 nitrogen and oxygen atoms in total. The SMILES string of the molecule is CC(C)(N)C(=O)N1CCN(C(=O)Nc2ccn(-c3ccc4c(c3)CCC(N[C@H]3CC[C@H](NC(=O)O)C3)C4)c(=O)n2)CC1.Cl. The second-order valence-electron chi connectivity index (χ2n) is 12.1. The van der Waals surface area contributed by atoms with Crippen LogP contribution in [0.3, 0.4) is 0 Å². The average Bonchev–Trinajstić information content (AvgIpc) is 3.37. The van der Waals surface area contributed by atoms with Crippen molar-refractivity contribution in [1.82, 2.24) is 30.0 Å². The van der Waals surface area contributed by atoms with E-state index in [1.807, 2.05) is 12.1 Å². The average molecular weight is 617 g/mol. The molecular formula is C29H41ClN8O5. The summed E-state index contributed by atoms with van der Waals surface area (Å²) in [6.07, 6.45) is 6.01. The van der Waals surface area contributed by atoms with Gasteiger partial charge in [0.1, 0.15) is 5.82 Å². The highest BCUT2D eigenvalue weighted by Crippen LogP contribution is 2.26. The molecular weight excluding hydrogens is 576 g/mol. The van der Waals surface area contributed by atoms with Crippen LogP contribution < -0.4 is 27.4 Å². The van der Waals surface area contributed by atoms with Crippen LogP contribution in [0.25, 0.3) is 5.69 Å². The maximum absolute atomic E-state index is 12.9. The molecule has 3 aliphatic rings. The van der Waals surface area contributed by atoms with Crippen LogP contribution in [0, 0.1) is 0 Å². The predicted molar refractivity (Wildman–Crippen MR) is 164 cm³/mol. The van der Waals surface area contributed by atoms with Crippen molar-refractivity contribution in [3.05, 3.63) is 52.1 Å². The molecule has 0 bridgehead atoms. The molecule has 6 N–H and O–H groups in total. The van der Waals surface area contributed by atoms with Crippen molar-refractivity contribution in [3.8, 4) is 5.69 Å². The van der Waals surface area contributed by atoms with Crippen molar-refractivity contribution in [2.45, 2.75) is 76.0 Å². The lowest BCUT2D eigenvalue weighted by Gasteiger charge is -2.37. The van der Waals surface area contributed by atoms with E-state index >= 15 is 0 Å². The van der Waals surface area contributed by atoms with Crippen molar-refractivity contribution < 1.29 is 19.5 Å². The number of fused-ring (bicyclic) bond motifs is 1. The maximum Gasteiger partial charge on any atom is 0.404 e. The van der Waals surface area contributed by atoms with Gasteiger partial charge < -0.3 is 31.3 Å². The van der Waals surface area contributed by atoms with Crippen molar-refractivity contribution in [1.29, 1.82) is 0 Å². The molecule has 1 saturated carbocycles. The summed E-state index contributed by atoms with van der Waals surface area (Å²) < 4.78 is 1.47. The number of halogens is 1. The van der Waals surface area contributed by atoms with Gasteiger partial charge in [-0.05, 0) is 81.7 Å². The largest absolute Gasteiger partial charge is 0.465 e. The van der Waals surface area contributed by atoms with E-state index in [0.29, 0.717) is 38.3 Å². The van der Waals surface area contributed by atoms with Crippen LogP contribution in [0.2, 0.25) is 0 Å². The minimum absolute atomic E-state index is 0. The molecule has 14 heteroatoms. The molecule has 1 saturated heterocycles. The number of rotatable bonds is 6. The third-order valence-electron chi connectivity index (χ3n) is 8.37. The molecule has 3 atom stereocenters. The number of hydrogen-bond donors (Lipinski definition) is 5. The Kier molecular flexibility index (Phi) is 9.98. The highest BCUT2D eigenvalue weighted by atomic mass is 35.5. The topological polar surface area (TPSA) is 175 Å². The van der Waals surface area contributed by atoms with Gasteiger partial charge in [-0.3, -0.25) is 14.7 Å². The fourth-order valence-corrected chi connectivity index (χ4v) is 6.18. The Morgan fingerprint density at radius 2 is 1.67 bits per heavy atom. The first-order valence-corrected chi connectivity index (χ1v) is 14.6. The molecule has 2 fully saturated rings. The maximum atomic E-state index is 12.9. The summed E-state index contributed by atoms with van der Waals surface area (Å²) in [4.78, 5) is 56.3. The summed E-state index contributed by atoms with van der Waals surface area (Å²) in [5, 5.41) is 18.0. The molecule has 43 heavy (non-hydrogen) atoms. The van der Waals surface area contributed by atoms with E-state index in [0.717, 1.165) is 44.2 Å². The van der Waals surface area contributed by atoms with Gasteiger partial charge in [-0.15, -0.1) is 12.4 Å². The Balaban J connectivity index is 0.00000423. The van der Waals surface area contributed by atoms with Gasteiger partial charge in [0.15, 0.2) is 0 Å². The molecule has 1 aromatic heterocycles. The number of nitrogens with two attached hydrogens (primary N) is 1. The lowest BCUT2D eigenvalue weighted by atomic mass is 9.87. The first kappa shape index (κ1) is 32.2. The van der Waals surface area contributed by atoms with Crippen molar-refractivity contribution in [3.63, 3.8) is 0 Å². The Labute approximate surface area is 256 Å². The van der Waals surface area contributed by atoms with Crippen LogP contribution in [0.1, 0.15) is 50.7 Å². The summed E-state index contributed by atoms with van der Waals surface area (Å²) in [6.45, 7) is 4.83. The number of urea groups is 1. The molecule has 1 aromatic carbocycles. The number of nitrogens with zero attached hydrogens (tertiary/aromatic N) is 4. The molecule has 4 amide bonds. The molecule has 1 unspecified atom stereocenters. The van der Waals surface area contributed by atoms with Crippen molar-refractivity contribution >= 4 is 36.3 Å². The number of aryl methyl sites for hydroxylation is 1. The van der Waals surface area contributed by atoms with Gasteiger partial charge in [0.25, 0.3) is 0 Å². The highest BCUT2D eigenvalue weighted by molar-refractivity contribution is 5.89. The predicted octanol–water partition coefficient (Wildman–Crippen LogP) is 1.70. The van der Waals surface area contributed by atoms with Crippen LogP contribution in [0.5, 0.6) is 0 Å². The first-order valence-electron chi connectivity index (χ1n) is 14.6. The number of piperazine rings is 1.